The van der Waals surface area contributed by atoms with Crippen LogP contribution in [0.4, 0.5) is 0 Å². The summed E-state index contributed by atoms with van der Waals surface area (Å²) in [5.74, 6) is 0.725. The molecule has 0 saturated carbocycles. The first-order valence-electron chi connectivity index (χ1n) is 6.58. The molecule has 2 heterocycles. The minimum absolute atomic E-state index is 0.725. The van der Waals surface area contributed by atoms with Gasteiger partial charge in [0.15, 0.2) is 0 Å². The quantitative estimate of drug-likeness (QED) is 0.846. The van der Waals surface area contributed by atoms with Gasteiger partial charge in [0, 0.05) is 11.6 Å². The van der Waals surface area contributed by atoms with Crippen molar-refractivity contribution in [2.24, 2.45) is 5.92 Å². The molecule has 2 aromatic rings. The third kappa shape index (κ3) is 2.00. The lowest BCUT2D eigenvalue weighted by molar-refractivity contribution is 0.377. The van der Waals surface area contributed by atoms with Gasteiger partial charge < -0.3 is 10.3 Å². The second kappa shape index (κ2) is 4.83. The second-order valence-corrected chi connectivity index (χ2v) is 5.07. The van der Waals surface area contributed by atoms with Crippen LogP contribution in [0.3, 0.4) is 0 Å². The van der Waals surface area contributed by atoms with Gasteiger partial charge in [0.1, 0.15) is 6.07 Å². The van der Waals surface area contributed by atoms with E-state index in [0.717, 1.165) is 36.5 Å². The number of fused-ring (bicyclic) bond motifs is 1. The van der Waals surface area contributed by atoms with Gasteiger partial charge in [0.05, 0.1) is 11.1 Å². The minimum atomic E-state index is 0.725. The lowest BCUT2D eigenvalue weighted by Crippen LogP contribution is -2.30. The van der Waals surface area contributed by atoms with Gasteiger partial charge in [-0.15, -0.1) is 0 Å². The van der Waals surface area contributed by atoms with E-state index < -0.39 is 0 Å². The van der Waals surface area contributed by atoms with Gasteiger partial charge in [-0.3, -0.25) is 0 Å². The van der Waals surface area contributed by atoms with Crippen LogP contribution in [0, 0.1) is 17.2 Å². The Morgan fingerprint density at radius 2 is 2.33 bits per heavy atom. The van der Waals surface area contributed by atoms with Crippen molar-refractivity contribution in [3.8, 4) is 6.07 Å². The molecule has 3 heteroatoms. The number of hydrogen-bond acceptors (Lipinski definition) is 2. The first-order chi connectivity index (χ1) is 8.88. The number of aromatic amines is 1. The van der Waals surface area contributed by atoms with Gasteiger partial charge in [-0.1, -0.05) is 12.1 Å². The van der Waals surface area contributed by atoms with Crippen molar-refractivity contribution in [2.45, 2.75) is 19.3 Å². The molecular formula is C15H17N3. The summed E-state index contributed by atoms with van der Waals surface area (Å²) in [6, 6.07) is 8.19. The van der Waals surface area contributed by atoms with Crippen LogP contribution in [0.1, 0.15) is 24.0 Å². The number of nitrogens with zero attached hydrogens (tertiary/aromatic N) is 1. The fourth-order valence-corrected chi connectivity index (χ4v) is 2.88. The molecule has 0 radical (unpaired) electrons. The molecule has 1 aromatic heterocycles. The van der Waals surface area contributed by atoms with E-state index in [2.05, 4.69) is 28.6 Å². The monoisotopic (exact) mass is 239 g/mol. The van der Waals surface area contributed by atoms with Crippen LogP contribution in [-0.4, -0.2) is 18.1 Å². The van der Waals surface area contributed by atoms with E-state index in [-0.39, 0.29) is 0 Å². The Morgan fingerprint density at radius 3 is 3.11 bits per heavy atom. The number of piperidine rings is 1. The van der Waals surface area contributed by atoms with E-state index in [4.69, 9.17) is 5.26 Å². The van der Waals surface area contributed by atoms with Gasteiger partial charge >= 0.3 is 0 Å². The van der Waals surface area contributed by atoms with E-state index in [0.29, 0.717) is 0 Å². The molecule has 0 spiro atoms. The van der Waals surface area contributed by atoms with Crippen molar-refractivity contribution < 1.29 is 0 Å². The molecule has 0 aliphatic carbocycles. The minimum Gasteiger partial charge on any atom is -0.360 e. The molecule has 0 bridgehead atoms. The fraction of sp³-hybridized carbons (Fsp3) is 0.400. The number of hydrogen-bond donors (Lipinski definition) is 2. The number of para-hydroxylation sites is 1. The standard InChI is InChI=1S/C15H17N3/c16-8-12-4-1-5-14-13(10-18-15(12)14)7-11-3-2-6-17-9-11/h1,4-5,10-11,17-18H,2-3,6-7,9H2/t11-/m1/s1. The molecular weight excluding hydrogens is 222 g/mol. The molecule has 1 aliphatic rings. The van der Waals surface area contributed by atoms with E-state index in [9.17, 15) is 0 Å². The lowest BCUT2D eigenvalue weighted by Gasteiger charge is -2.22. The van der Waals surface area contributed by atoms with Gasteiger partial charge in [0.2, 0.25) is 0 Å². The maximum atomic E-state index is 9.09. The van der Waals surface area contributed by atoms with Crippen LogP contribution >= 0.6 is 0 Å². The summed E-state index contributed by atoms with van der Waals surface area (Å²) in [7, 11) is 0. The van der Waals surface area contributed by atoms with Crippen molar-refractivity contribution in [1.82, 2.24) is 10.3 Å². The Morgan fingerprint density at radius 1 is 1.39 bits per heavy atom. The number of nitrogens with one attached hydrogen (secondary N) is 2. The predicted molar refractivity (Wildman–Crippen MR) is 72.3 cm³/mol. The zero-order valence-electron chi connectivity index (χ0n) is 10.4. The van der Waals surface area contributed by atoms with Crippen LogP contribution in [0.25, 0.3) is 10.9 Å². The normalized spacial score (nSPS) is 19.8. The second-order valence-electron chi connectivity index (χ2n) is 5.07. The van der Waals surface area contributed by atoms with Gasteiger partial charge in [0.25, 0.3) is 0 Å². The molecule has 18 heavy (non-hydrogen) atoms. The van der Waals surface area contributed by atoms with E-state index in [1.807, 2.05) is 12.1 Å². The van der Waals surface area contributed by atoms with Crippen LogP contribution in [0.5, 0.6) is 0 Å². The average molecular weight is 239 g/mol. The predicted octanol–water partition coefficient (Wildman–Crippen LogP) is 2.58. The molecule has 1 saturated heterocycles. The zero-order chi connectivity index (χ0) is 12.4. The molecule has 92 valence electrons. The summed E-state index contributed by atoms with van der Waals surface area (Å²) in [6.07, 6.45) is 5.75. The highest BCUT2D eigenvalue weighted by molar-refractivity contribution is 5.87. The topological polar surface area (TPSA) is 51.6 Å². The number of benzene rings is 1. The van der Waals surface area contributed by atoms with Crippen LogP contribution < -0.4 is 5.32 Å². The first kappa shape index (κ1) is 11.3. The van der Waals surface area contributed by atoms with E-state index in [1.165, 1.54) is 23.8 Å². The number of nitriles is 1. The third-order valence-corrected chi connectivity index (χ3v) is 3.83. The molecule has 2 N–H and O–H groups in total. The van der Waals surface area contributed by atoms with Crippen molar-refractivity contribution in [1.29, 1.82) is 5.26 Å². The largest absolute Gasteiger partial charge is 0.360 e. The molecule has 0 amide bonds. The smallest absolute Gasteiger partial charge is 0.101 e. The summed E-state index contributed by atoms with van der Waals surface area (Å²) in [5, 5.41) is 13.7. The highest BCUT2D eigenvalue weighted by Crippen LogP contribution is 2.25. The van der Waals surface area contributed by atoms with Gasteiger partial charge in [-0.05, 0) is 49.9 Å². The Bertz CT molecular complexity index is 585. The number of aromatic nitrogens is 1. The molecule has 1 aliphatic heterocycles. The SMILES string of the molecule is N#Cc1cccc2c(C[C@H]3CCCNC3)c[nH]c12. The maximum absolute atomic E-state index is 9.09. The maximum Gasteiger partial charge on any atom is 0.101 e. The highest BCUT2D eigenvalue weighted by atomic mass is 14.9. The first-order valence-corrected chi connectivity index (χ1v) is 6.58. The zero-order valence-corrected chi connectivity index (χ0v) is 10.4. The van der Waals surface area contributed by atoms with E-state index in [1.54, 1.807) is 0 Å². The summed E-state index contributed by atoms with van der Waals surface area (Å²) >= 11 is 0. The van der Waals surface area contributed by atoms with Gasteiger partial charge in [-0.2, -0.15) is 5.26 Å². The molecule has 3 rings (SSSR count). The summed E-state index contributed by atoms with van der Waals surface area (Å²) in [6.45, 7) is 2.27. The Kier molecular flexibility index (Phi) is 3.04. The molecule has 0 unspecified atom stereocenters. The lowest BCUT2D eigenvalue weighted by atomic mass is 9.92. The van der Waals surface area contributed by atoms with Crippen molar-refractivity contribution in [2.75, 3.05) is 13.1 Å². The Hall–Kier alpha value is -1.79. The molecule has 1 atom stereocenters. The molecule has 1 aromatic carbocycles. The fourth-order valence-electron chi connectivity index (χ4n) is 2.88. The van der Waals surface area contributed by atoms with Crippen LogP contribution in [-0.2, 0) is 6.42 Å². The Labute approximate surface area is 107 Å². The molecule has 1 fully saturated rings. The Balaban J connectivity index is 1.91. The number of H-pyrrole nitrogens is 1. The van der Waals surface area contributed by atoms with Crippen LogP contribution in [0.2, 0.25) is 0 Å². The van der Waals surface area contributed by atoms with E-state index >= 15 is 0 Å². The molecule has 3 nitrogen and oxygen atoms in total. The average Bonchev–Trinajstić information content (AvgIpc) is 2.83. The van der Waals surface area contributed by atoms with Crippen molar-refractivity contribution in [3.05, 3.63) is 35.5 Å². The van der Waals surface area contributed by atoms with Crippen LogP contribution in [0.15, 0.2) is 24.4 Å². The van der Waals surface area contributed by atoms with Crippen molar-refractivity contribution in [3.63, 3.8) is 0 Å². The third-order valence-electron chi connectivity index (χ3n) is 3.83. The highest BCUT2D eigenvalue weighted by Gasteiger charge is 2.16. The van der Waals surface area contributed by atoms with Crippen molar-refractivity contribution >= 4 is 10.9 Å². The number of rotatable bonds is 2. The summed E-state index contributed by atoms with van der Waals surface area (Å²) in [4.78, 5) is 3.25. The summed E-state index contributed by atoms with van der Waals surface area (Å²) < 4.78 is 0. The summed E-state index contributed by atoms with van der Waals surface area (Å²) in [5.41, 5.74) is 3.06. The van der Waals surface area contributed by atoms with Gasteiger partial charge in [-0.25, -0.2) is 0 Å².